The third-order valence-electron chi connectivity index (χ3n) is 4.05. The topological polar surface area (TPSA) is 46.2 Å². The Morgan fingerprint density at radius 2 is 0.808 bits per heavy atom. The van der Waals surface area contributed by atoms with Crippen LogP contribution in [0.5, 0.6) is 0 Å². The van der Waals surface area contributed by atoms with Gasteiger partial charge in [-0.25, -0.2) is 0 Å². The van der Waals surface area contributed by atoms with Gasteiger partial charge in [0.1, 0.15) is 0 Å². The van der Waals surface area contributed by atoms with Crippen LogP contribution in [0.4, 0.5) is 0 Å². The molecule has 0 aromatic carbocycles. The first-order chi connectivity index (χ1) is 11.8. The second-order valence-electron chi connectivity index (χ2n) is 7.02. The van der Waals surface area contributed by atoms with E-state index >= 15 is 0 Å². The average Bonchev–Trinajstić information content (AvgIpc) is 2.53. The van der Waals surface area contributed by atoms with Gasteiger partial charge in [0.25, 0.3) is 0 Å². The fraction of sp³-hybridized carbons (Fsp3) is 0.375. The molecule has 1 heterocycles. The Kier molecular flexibility index (Phi) is 7.54. The summed E-state index contributed by atoms with van der Waals surface area (Å²) in [7, 11) is -13.9. The minimum absolute atomic E-state index is 0.603. The molecule has 4 atom stereocenters. The quantitative estimate of drug-likeness (QED) is 0.445. The summed E-state index contributed by atoms with van der Waals surface area (Å²) in [6, 6.07) is 0.603. The van der Waals surface area contributed by atoms with Crippen molar-refractivity contribution in [1.29, 1.82) is 0 Å². The van der Waals surface area contributed by atoms with Gasteiger partial charge in [-0.1, -0.05) is 28.9 Å². The number of rotatable bonds is 6. The SMILES string of the molecule is C=CC[Si]1(C)O[Si](C)(C=C)O[Si](C)(C=C)O[Si](C)(C=C)O[Si](C)(C=C)O1. The summed E-state index contributed by atoms with van der Waals surface area (Å²) in [6.45, 7) is 29.5. The van der Waals surface area contributed by atoms with Gasteiger partial charge < -0.3 is 20.6 Å². The van der Waals surface area contributed by atoms with Crippen molar-refractivity contribution in [3.8, 4) is 0 Å². The van der Waals surface area contributed by atoms with Crippen LogP contribution in [0, 0.1) is 0 Å². The first-order valence-corrected chi connectivity index (χ1v) is 20.6. The van der Waals surface area contributed by atoms with Gasteiger partial charge in [-0.05, 0) is 32.7 Å². The van der Waals surface area contributed by atoms with Gasteiger partial charge in [-0.2, -0.15) is 0 Å². The fourth-order valence-corrected chi connectivity index (χ4v) is 25.9. The predicted octanol–water partition coefficient (Wildman–Crippen LogP) is 4.53. The summed E-state index contributed by atoms with van der Waals surface area (Å²) in [5.41, 5.74) is 7.05. The summed E-state index contributed by atoms with van der Waals surface area (Å²) in [5.74, 6) is 0. The molecule has 0 bridgehead atoms. The normalized spacial score (nSPS) is 44.5. The van der Waals surface area contributed by atoms with E-state index in [0.29, 0.717) is 6.04 Å². The van der Waals surface area contributed by atoms with Gasteiger partial charge in [0.05, 0.1) is 0 Å². The zero-order valence-corrected chi connectivity index (χ0v) is 21.7. The molecule has 1 fully saturated rings. The molecule has 4 unspecified atom stereocenters. The lowest BCUT2D eigenvalue weighted by Crippen LogP contribution is -2.66. The summed E-state index contributed by atoms with van der Waals surface area (Å²) in [5, 5.41) is 0. The van der Waals surface area contributed by atoms with Crippen LogP contribution in [0.1, 0.15) is 0 Å². The Balaban J connectivity index is 3.58. The fourth-order valence-electron chi connectivity index (χ4n) is 2.85. The highest BCUT2D eigenvalue weighted by molar-refractivity contribution is 6.97. The lowest BCUT2D eigenvalue weighted by atomic mass is 10.8. The molecular formula is C16H32O5Si5. The first-order valence-electron chi connectivity index (χ1n) is 8.50. The van der Waals surface area contributed by atoms with Crippen molar-refractivity contribution in [1.82, 2.24) is 0 Å². The van der Waals surface area contributed by atoms with Crippen molar-refractivity contribution in [3.05, 3.63) is 61.8 Å². The molecule has 0 amide bonds. The van der Waals surface area contributed by atoms with Gasteiger partial charge in [0.2, 0.25) is 0 Å². The zero-order chi connectivity index (χ0) is 20.3. The van der Waals surface area contributed by atoms with E-state index in [-0.39, 0.29) is 0 Å². The third-order valence-corrected chi connectivity index (χ3v) is 24.5. The Labute approximate surface area is 163 Å². The molecule has 0 radical (unpaired) electrons. The van der Waals surface area contributed by atoms with Gasteiger partial charge >= 0.3 is 42.8 Å². The molecule has 0 aliphatic carbocycles. The lowest BCUT2D eigenvalue weighted by molar-refractivity contribution is 0.247. The van der Waals surface area contributed by atoms with Crippen LogP contribution >= 0.6 is 0 Å². The Hall–Kier alpha value is -0.416. The summed E-state index contributed by atoms with van der Waals surface area (Å²) >= 11 is 0. The summed E-state index contributed by atoms with van der Waals surface area (Å²) in [6.07, 6.45) is 1.82. The van der Waals surface area contributed by atoms with E-state index in [1.807, 2.05) is 38.8 Å². The molecule has 1 aliphatic rings. The second kappa shape index (κ2) is 8.30. The Morgan fingerprint density at radius 3 is 1.04 bits per heavy atom. The Morgan fingerprint density at radius 1 is 0.538 bits per heavy atom. The van der Waals surface area contributed by atoms with Crippen molar-refractivity contribution in [2.75, 3.05) is 0 Å². The van der Waals surface area contributed by atoms with Crippen LogP contribution in [0.2, 0.25) is 38.8 Å². The van der Waals surface area contributed by atoms with Crippen molar-refractivity contribution >= 4 is 42.8 Å². The van der Waals surface area contributed by atoms with Crippen molar-refractivity contribution in [2.45, 2.75) is 38.8 Å². The maximum atomic E-state index is 6.54. The van der Waals surface area contributed by atoms with E-state index < -0.39 is 42.8 Å². The minimum Gasteiger partial charge on any atom is -0.412 e. The maximum absolute atomic E-state index is 6.54. The molecule has 0 N–H and O–H groups in total. The minimum atomic E-state index is -2.80. The smallest absolute Gasteiger partial charge is 0.344 e. The zero-order valence-electron chi connectivity index (χ0n) is 16.7. The largest absolute Gasteiger partial charge is 0.412 e. The molecule has 146 valence electrons. The highest BCUT2D eigenvalue weighted by Crippen LogP contribution is 2.33. The third kappa shape index (κ3) is 5.79. The van der Waals surface area contributed by atoms with Crippen LogP contribution in [-0.4, -0.2) is 42.8 Å². The van der Waals surface area contributed by atoms with Crippen molar-refractivity contribution < 1.29 is 20.6 Å². The van der Waals surface area contributed by atoms with Gasteiger partial charge in [-0.3, -0.25) is 0 Å². The number of hydrogen-bond donors (Lipinski definition) is 0. The maximum Gasteiger partial charge on any atom is 0.344 e. The highest BCUT2D eigenvalue weighted by atomic mass is 28.5. The van der Waals surface area contributed by atoms with E-state index in [1.54, 1.807) is 22.8 Å². The standard InChI is InChI=1S/C16H32O5Si5/c1-11-16-26(10)20-24(8,14-4)18-22(6,12-2)17-23(7,13-3)19-25(9,15-5)21-26/h11-15H,1-5,16H2,6-10H3. The van der Waals surface area contributed by atoms with Crippen LogP contribution < -0.4 is 0 Å². The molecule has 10 heteroatoms. The molecule has 1 aliphatic heterocycles. The van der Waals surface area contributed by atoms with Crippen LogP contribution in [-0.2, 0) is 20.6 Å². The lowest BCUT2D eigenvalue weighted by Gasteiger charge is -2.47. The van der Waals surface area contributed by atoms with Crippen LogP contribution in [0.15, 0.2) is 61.8 Å². The summed E-state index contributed by atoms with van der Waals surface area (Å²) in [4.78, 5) is 0. The molecular weight excluding hydrogens is 413 g/mol. The van der Waals surface area contributed by atoms with Crippen LogP contribution in [0.3, 0.4) is 0 Å². The monoisotopic (exact) mass is 444 g/mol. The highest BCUT2D eigenvalue weighted by Gasteiger charge is 2.54. The van der Waals surface area contributed by atoms with Gasteiger partial charge in [0, 0.05) is 6.04 Å². The molecule has 1 rings (SSSR count). The van der Waals surface area contributed by atoms with Gasteiger partial charge in [0.15, 0.2) is 0 Å². The van der Waals surface area contributed by atoms with Crippen molar-refractivity contribution in [3.63, 3.8) is 0 Å². The molecule has 0 aromatic heterocycles. The molecule has 1 saturated heterocycles. The van der Waals surface area contributed by atoms with E-state index in [9.17, 15) is 0 Å². The van der Waals surface area contributed by atoms with Crippen molar-refractivity contribution in [2.24, 2.45) is 0 Å². The summed E-state index contributed by atoms with van der Waals surface area (Å²) < 4.78 is 32.4. The average molecular weight is 445 g/mol. The molecule has 0 spiro atoms. The van der Waals surface area contributed by atoms with E-state index in [1.165, 1.54) is 0 Å². The second-order valence-corrected chi connectivity index (χ2v) is 23.5. The molecule has 0 aromatic rings. The van der Waals surface area contributed by atoms with E-state index in [2.05, 4.69) is 32.9 Å². The first kappa shape index (κ1) is 23.6. The molecule has 0 saturated carbocycles. The Bertz CT molecular complexity index is 560. The van der Waals surface area contributed by atoms with Gasteiger partial charge in [-0.15, -0.1) is 32.9 Å². The predicted molar refractivity (Wildman–Crippen MR) is 119 cm³/mol. The number of hydrogen-bond acceptors (Lipinski definition) is 5. The van der Waals surface area contributed by atoms with E-state index in [0.717, 1.165) is 0 Å². The molecule has 5 nitrogen and oxygen atoms in total. The number of allylic oxidation sites excluding steroid dienone is 1. The molecule has 26 heavy (non-hydrogen) atoms. The van der Waals surface area contributed by atoms with Crippen LogP contribution in [0.25, 0.3) is 0 Å². The van der Waals surface area contributed by atoms with E-state index in [4.69, 9.17) is 20.6 Å².